The minimum absolute atomic E-state index is 0.165. The molecule has 2 aromatic carbocycles. The highest BCUT2D eigenvalue weighted by atomic mass is 16.4. The summed E-state index contributed by atoms with van der Waals surface area (Å²) in [6.07, 6.45) is 0.165. The number of benzene rings is 2. The average Bonchev–Trinajstić information content (AvgIpc) is 2.78. The van der Waals surface area contributed by atoms with Crippen molar-refractivity contribution in [3.63, 3.8) is 0 Å². The van der Waals surface area contributed by atoms with Crippen molar-refractivity contribution in [2.75, 3.05) is 0 Å². The molecule has 22 heavy (non-hydrogen) atoms. The maximum Gasteiger partial charge on any atom is 0.327 e. The van der Waals surface area contributed by atoms with Crippen LogP contribution in [0, 0.1) is 0 Å². The van der Waals surface area contributed by atoms with Crippen LogP contribution < -0.4 is 0 Å². The molecule has 3 N–H and O–H groups in total. The second-order valence-corrected chi connectivity index (χ2v) is 5.11. The molecular weight excluding hydrogens is 282 g/mol. The molecule has 0 aliphatic rings. The number of aliphatic carboxylic acids is 1. The zero-order chi connectivity index (χ0) is 15.7. The molecule has 1 atom stereocenters. The van der Waals surface area contributed by atoms with Crippen LogP contribution in [0.4, 0.5) is 0 Å². The van der Waals surface area contributed by atoms with Crippen molar-refractivity contribution in [2.45, 2.75) is 12.5 Å². The van der Waals surface area contributed by atoms with Gasteiger partial charge in [0, 0.05) is 17.2 Å². The Morgan fingerprint density at radius 3 is 1.91 bits per heavy atom. The minimum atomic E-state index is -1.12. The summed E-state index contributed by atoms with van der Waals surface area (Å²) in [5.41, 5.74) is 0.812. The molecule has 0 bridgehead atoms. The molecule has 3 aromatic rings. The molecule has 0 saturated heterocycles. The quantitative estimate of drug-likeness (QED) is 0.691. The van der Waals surface area contributed by atoms with Gasteiger partial charge in [0.25, 0.3) is 0 Å². The van der Waals surface area contributed by atoms with Crippen LogP contribution in [0.25, 0.3) is 10.8 Å². The molecule has 1 unspecified atom stereocenters. The number of aromatic hydroxyl groups is 2. The van der Waals surface area contributed by atoms with Crippen LogP contribution in [0.1, 0.15) is 11.6 Å². The van der Waals surface area contributed by atoms with E-state index in [1.807, 2.05) is 30.3 Å². The molecule has 0 aliphatic heterocycles. The van der Waals surface area contributed by atoms with Gasteiger partial charge in [0.2, 0.25) is 11.8 Å². The van der Waals surface area contributed by atoms with Crippen LogP contribution in [-0.2, 0) is 11.2 Å². The highest BCUT2D eigenvalue weighted by molar-refractivity contribution is 5.93. The van der Waals surface area contributed by atoms with E-state index in [1.54, 1.807) is 24.3 Å². The zero-order valence-electron chi connectivity index (χ0n) is 11.7. The van der Waals surface area contributed by atoms with Gasteiger partial charge in [0.05, 0.1) is 0 Å². The molecule has 0 radical (unpaired) electrons. The second-order valence-electron chi connectivity index (χ2n) is 5.11. The third kappa shape index (κ3) is 2.26. The van der Waals surface area contributed by atoms with Crippen LogP contribution in [0.15, 0.2) is 54.6 Å². The summed E-state index contributed by atoms with van der Waals surface area (Å²) in [7, 11) is 0. The molecule has 0 fully saturated rings. The maximum atomic E-state index is 11.6. The first-order valence-corrected chi connectivity index (χ1v) is 6.87. The van der Waals surface area contributed by atoms with E-state index in [4.69, 9.17) is 0 Å². The van der Waals surface area contributed by atoms with Gasteiger partial charge in [-0.1, -0.05) is 42.5 Å². The Bertz CT molecular complexity index is 784. The number of fused-ring (bicyclic) bond motifs is 1. The molecule has 5 heteroatoms. The Balaban J connectivity index is 2.11. The Labute approximate surface area is 126 Å². The summed E-state index contributed by atoms with van der Waals surface area (Å²) in [6, 6.07) is 14.7. The maximum absolute atomic E-state index is 11.6. The van der Waals surface area contributed by atoms with Crippen LogP contribution in [-0.4, -0.2) is 25.9 Å². The fourth-order valence-corrected chi connectivity index (χ4v) is 2.65. The highest BCUT2D eigenvalue weighted by Crippen LogP contribution is 2.39. The SMILES string of the molecule is O=C(O)C(Cc1ccccc1)n1c(O)c2ccccc2c1O. The summed E-state index contributed by atoms with van der Waals surface area (Å²) in [6.45, 7) is 0. The molecule has 1 heterocycles. The van der Waals surface area contributed by atoms with Gasteiger partial charge in [-0.3, -0.25) is 4.57 Å². The predicted octanol–water partition coefficient (Wildman–Crippen LogP) is 2.92. The van der Waals surface area contributed by atoms with E-state index in [0.29, 0.717) is 10.8 Å². The van der Waals surface area contributed by atoms with Crippen LogP contribution in [0.2, 0.25) is 0 Å². The van der Waals surface area contributed by atoms with E-state index >= 15 is 0 Å². The molecule has 0 amide bonds. The molecule has 3 rings (SSSR count). The van der Waals surface area contributed by atoms with Gasteiger partial charge in [-0.25, -0.2) is 4.79 Å². The zero-order valence-corrected chi connectivity index (χ0v) is 11.7. The molecule has 112 valence electrons. The number of carboxylic acids is 1. The van der Waals surface area contributed by atoms with Crippen LogP contribution in [0.3, 0.4) is 0 Å². The number of carboxylic acid groups (broad SMARTS) is 1. The van der Waals surface area contributed by atoms with Crippen molar-refractivity contribution in [3.8, 4) is 11.8 Å². The molecule has 5 nitrogen and oxygen atoms in total. The summed E-state index contributed by atoms with van der Waals surface area (Å²) >= 11 is 0. The molecule has 0 saturated carbocycles. The van der Waals surface area contributed by atoms with Gasteiger partial charge >= 0.3 is 5.97 Å². The smallest absolute Gasteiger partial charge is 0.327 e. The third-order valence-electron chi connectivity index (χ3n) is 3.73. The number of aromatic nitrogens is 1. The lowest BCUT2D eigenvalue weighted by Crippen LogP contribution is -2.20. The summed E-state index contributed by atoms with van der Waals surface area (Å²) in [4.78, 5) is 11.6. The van der Waals surface area contributed by atoms with Crippen molar-refractivity contribution in [3.05, 3.63) is 60.2 Å². The summed E-state index contributed by atoms with van der Waals surface area (Å²) < 4.78 is 1.07. The standard InChI is InChI=1S/C17H15NO4/c19-15-12-8-4-5-9-13(12)16(20)18(15)14(17(21)22)10-11-6-2-1-3-7-11/h1-9,14,19-20H,10H2,(H,21,22). The van der Waals surface area contributed by atoms with Gasteiger partial charge in [0.1, 0.15) is 6.04 Å². The Morgan fingerprint density at radius 1 is 0.909 bits per heavy atom. The van der Waals surface area contributed by atoms with E-state index in [1.165, 1.54) is 0 Å². The first-order valence-electron chi connectivity index (χ1n) is 6.87. The number of nitrogens with zero attached hydrogens (tertiary/aromatic N) is 1. The van der Waals surface area contributed by atoms with Crippen molar-refractivity contribution in [1.29, 1.82) is 0 Å². The largest absolute Gasteiger partial charge is 0.494 e. The lowest BCUT2D eigenvalue weighted by atomic mass is 10.1. The number of carbonyl (C=O) groups is 1. The second kappa shape index (κ2) is 5.44. The van der Waals surface area contributed by atoms with Gasteiger partial charge in [-0.15, -0.1) is 0 Å². The topological polar surface area (TPSA) is 82.7 Å². The van der Waals surface area contributed by atoms with Crippen molar-refractivity contribution < 1.29 is 20.1 Å². The number of hydrogen-bond donors (Lipinski definition) is 3. The highest BCUT2D eigenvalue weighted by Gasteiger charge is 2.27. The van der Waals surface area contributed by atoms with Crippen LogP contribution >= 0.6 is 0 Å². The average molecular weight is 297 g/mol. The molecule has 0 aliphatic carbocycles. The lowest BCUT2D eigenvalue weighted by molar-refractivity contribution is -0.141. The normalized spacial score (nSPS) is 12.4. The van der Waals surface area contributed by atoms with Crippen molar-refractivity contribution in [1.82, 2.24) is 4.57 Å². The van der Waals surface area contributed by atoms with Gasteiger partial charge < -0.3 is 15.3 Å². The third-order valence-corrected chi connectivity index (χ3v) is 3.73. The van der Waals surface area contributed by atoms with E-state index in [0.717, 1.165) is 10.1 Å². The number of hydrogen-bond acceptors (Lipinski definition) is 3. The Morgan fingerprint density at radius 2 is 1.41 bits per heavy atom. The fourth-order valence-electron chi connectivity index (χ4n) is 2.65. The van der Waals surface area contributed by atoms with Gasteiger partial charge in [0.15, 0.2) is 0 Å². The Kier molecular flexibility index (Phi) is 3.47. The molecule has 0 spiro atoms. The van der Waals surface area contributed by atoms with E-state index in [2.05, 4.69) is 0 Å². The van der Waals surface area contributed by atoms with Gasteiger partial charge in [-0.2, -0.15) is 0 Å². The Hall–Kier alpha value is -2.95. The van der Waals surface area contributed by atoms with E-state index in [9.17, 15) is 20.1 Å². The molecule has 1 aromatic heterocycles. The summed E-state index contributed by atoms with van der Waals surface area (Å²) in [5, 5.41) is 31.0. The predicted molar refractivity (Wildman–Crippen MR) is 82.1 cm³/mol. The van der Waals surface area contributed by atoms with Gasteiger partial charge in [-0.05, 0) is 17.7 Å². The first kappa shape index (κ1) is 14.0. The first-order chi connectivity index (χ1) is 10.6. The van der Waals surface area contributed by atoms with Crippen LogP contribution in [0.5, 0.6) is 11.8 Å². The molecular formula is C17H15NO4. The number of rotatable bonds is 4. The van der Waals surface area contributed by atoms with E-state index in [-0.39, 0.29) is 18.2 Å². The minimum Gasteiger partial charge on any atom is -0.494 e. The van der Waals surface area contributed by atoms with Crippen molar-refractivity contribution in [2.24, 2.45) is 0 Å². The monoisotopic (exact) mass is 297 g/mol. The lowest BCUT2D eigenvalue weighted by Gasteiger charge is -2.16. The van der Waals surface area contributed by atoms with E-state index < -0.39 is 12.0 Å². The van der Waals surface area contributed by atoms with Crippen molar-refractivity contribution >= 4 is 16.7 Å². The summed E-state index contributed by atoms with van der Waals surface area (Å²) in [5.74, 6) is -1.59. The fraction of sp³-hybridized carbons (Fsp3) is 0.118.